The second-order valence-electron chi connectivity index (χ2n) is 4.07. The van der Waals surface area contributed by atoms with Crippen LogP contribution in [0.1, 0.15) is 12.0 Å². The van der Waals surface area contributed by atoms with Gasteiger partial charge < -0.3 is 5.32 Å². The fourth-order valence-electron chi connectivity index (χ4n) is 1.72. The Labute approximate surface area is 97.4 Å². The highest BCUT2D eigenvalue weighted by molar-refractivity contribution is 5.82. The van der Waals surface area contributed by atoms with Crippen LogP contribution in [0.25, 0.3) is 0 Å². The van der Waals surface area contributed by atoms with Gasteiger partial charge in [0.25, 0.3) is 5.92 Å². The zero-order valence-electron chi connectivity index (χ0n) is 9.12. The van der Waals surface area contributed by atoms with Gasteiger partial charge in [-0.2, -0.15) is 0 Å². The minimum atomic E-state index is -2.78. The number of carbonyl (C=O) groups excluding carboxylic acids is 1. The number of carbonyl (C=O) groups is 1. The van der Waals surface area contributed by atoms with Crippen LogP contribution in [0.5, 0.6) is 0 Å². The van der Waals surface area contributed by atoms with Crippen molar-refractivity contribution in [1.29, 1.82) is 0 Å². The van der Waals surface area contributed by atoms with Crippen molar-refractivity contribution in [3.63, 3.8) is 0 Å². The van der Waals surface area contributed by atoms with Gasteiger partial charge in [-0.15, -0.1) is 0 Å². The molecule has 17 heavy (non-hydrogen) atoms. The number of rotatable bonds is 3. The summed E-state index contributed by atoms with van der Waals surface area (Å²) in [6, 6.07) is 2.76. The Morgan fingerprint density at radius 2 is 2.47 bits per heavy atom. The number of aromatic nitrogens is 1. The van der Waals surface area contributed by atoms with Gasteiger partial charge >= 0.3 is 0 Å². The highest BCUT2D eigenvalue weighted by Gasteiger charge is 2.42. The van der Waals surface area contributed by atoms with Crippen molar-refractivity contribution < 1.29 is 13.6 Å². The van der Waals surface area contributed by atoms with Gasteiger partial charge in [-0.3, -0.25) is 15.1 Å². The van der Waals surface area contributed by atoms with Crippen LogP contribution in [0.2, 0.25) is 0 Å². The van der Waals surface area contributed by atoms with Crippen molar-refractivity contribution in [2.24, 2.45) is 0 Å². The largest absolute Gasteiger partial charge is 0.351 e. The normalized spacial score (nSPS) is 22.4. The summed E-state index contributed by atoms with van der Waals surface area (Å²) in [7, 11) is 0. The number of hydrogen-bond donors (Lipinski definition) is 2. The Kier molecular flexibility index (Phi) is 3.33. The first-order valence-electron chi connectivity index (χ1n) is 5.35. The predicted molar refractivity (Wildman–Crippen MR) is 57.4 cm³/mol. The Bertz CT molecular complexity index is 397. The average molecular weight is 241 g/mol. The van der Waals surface area contributed by atoms with Crippen LogP contribution in [0.4, 0.5) is 8.78 Å². The van der Waals surface area contributed by atoms with Crippen molar-refractivity contribution in [1.82, 2.24) is 15.6 Å². The molecule has 2 rings (SSSR count). The molecule has 0 saturated carbocycles. The smallest absolute Gasteiger partial charge is 0.262 e. The molecule has 1 aliphatic heterocycles. The molecule has 2 heterocycles. The van der Waals surface area contributed by atoms with Gasteiger partial charge in [-0.25, -0.2) is 8.78 Å². The van der Waals surface area contributed by atoms with Crippen LogP contribution < -0.4 is 10.6 Å². The molecule has 1 aliphatic rings. The minimum Gasteiger partial charge on any atom is -0.351 e. The summed E-state index contributed by atoms with van der Waals surface area (Å²) >= 11 is 0. The van der Waals surface area contributed by atoms with Gasteiger partial charge in [-0.05, 0) is 11.6 Å². The van der Waals surface area contributed by atoms with Crippen molar-refractivity contribution in [3.05, 3.63) is 30.1 Å². The summed E-state index contributed by atoms with van der Waals surface area (Å²) in [6.45, 7) is -0.131. The zero-order chi connectivity index (χ0) is 12.3. The van der Waals surface area contributed by atoms with E-state index in [0.717, 1.165) is 5.56 Å². The fraction of sp³-hybridized carbons (Fsp3) is 0.455. The zero-order valence-corrected chi connectivity index (χ0v) is 9.12. The summed E-state index contributed by atoms with van der Waals surface area (Å²) < 4.78 is 25.7. The minimum absolute atomic E-state index is 0.302. The standard InChI is InChI=1S/C11H13F2N3O/c12-11(13)4-9(16-7-11)10(17)15-6-8-2-1-3-14-5-8/h1-3,5,9,16H,4,6-7H2,(H,15,17). The van der Waals surface area contributed by atoms with Crippen molar-refractivity contribution in [2.45, 2.75) is 24.9 Å². The van der Waals surface area contributed by atoms with Crippen molar-refractivity contribution >= 4 is 5.91 Å². The fourth-order valence-corrected chi connectivity index (χ4v) is 1.72. The molecule has 1 amide bonds. The second-order valence-corrected chi connectivity index (χ2v) is 4.07. The molecule has 1 aromatic rings. The molecule has 0 spiro atoms. The molecular weight excluding hydrogens is 228 g/mol. The number of alkyl halides is 2. The van der Waals surface area contributed by atoms with E-state index in [1.807, 2.05) is 6.07 Å². The Balaban J connectivity index is 1.83. The molecular formula is C11H13F2N3O. The van der Waals surface area contributed by atoms with Gasteiger partial charge in [0.15, 0.2) is 0 Å². The van der Waals surface area contributed by atoms with E-state index in [1.165, 1.54) is 0 Å². The molecule has 4 nitrogen and oxygen atoms in total. The number of halogens is 2. The first kappa shape index (κ1) is 11.9. The molecule has 0 bridgehead atoms. The van der Waals surface area contributed by atoms with Crippen molar-refractivity contribution in [3.8, 4) is 0 Å². The van der Waals surface area contributed by atoms with Gasteiger partial charge in [0.1, 0.15) is 0 Å². The maximum Gasteiger partial charge on any atom is 0.262 e. The third-order valence-electron chi connectivity index (χ3n) is 2.62. The van der Waals surface area contributed by atoms with Crippen LogP contribution in [-0.4, -0.2) is 29.4 Å². The quantitative estimate of drug-likeness (QED) is 0.819. The highest BCUT2D eigenvalue weighted by atomic mass is 19.3. The van der Waals surface area contributed by atoms with Gasteiger partial charge in [0, 0.05) is 25.4 Å². The van der Waals surface area contributed by atoms with E-state index < -0.39 is 30.8 Å². The first-order chi connectivity index (χ1) is 8.07. The summed E-state index contributed by atoms with van der Waals surface area (Å²) in [5.74, 6) is -3.18. The first-order valence-corrected chi connectivity index (χ1v) is 5.35. The second kappa shape index (κ2) is 4.75. The summed E-state index contributed by atoms with van der Waals surface area (Å²) in [4.78, 5) is 15.5. The monoisotopic (exact) mass is 241 g/mol. The molecule has 1 unspecified atom stereocenters. The Morgan fingerprint density at radius 3 is 3.06 bits per heavy atom. The summed E-state index contributed by atoms with van der Waals surface area (Å²) in [5.41, 5.74) is 0.839. The van der Waals surface area contributed by atoms with E-state index in [1.54, 1.807) is 18.5 Å². The van der Waals surface area contributed by atoms with Crippen LogP contribution in [-0.2, 0) is 11.3 Å². The molecule has 1 fully saturated rings. The van der Waals surface area contributed by atoms with Crippen molar-refractivity contribution in [2.75, 3.05) is 6.54 Å². The molecule has 1 saturated heterocycles. The molecule has 1 aromatic heterocycles. The van der Waals surface area contributed by atoms with E-state index in [9.17, 15) is 13.6 Å². The van der Waals surface area contributed by atoms with Crippen LogP contribution >= 0.6 is 0 Å². The number of pyridine rings is 1. The maximum atomic E-state index is 12.9. The molecule has 2 N–H and O–H groups in total. The molecule has 6 heteroatoms. The maximum absolute atomic E-state index is 12.9. The third-order valence-corrected chi connectivity index (χ3v) is 2.62. The number of hydrogen-bond acceptors (Lipinski definition) is 3. The summed E-state index contributed by atoms with van der Waals surface area (Å²) in [5, 5.41) is 5.11. The van der Waals surface area contributed by atoms with E-state index in [2.05, 4.69) is 15.6 Å². The van der Waals surface area contributed by atoms with Crippen LogP contribution in [0.15, 0.2) is 24.5 Å². The van der Waals surface area contributed by atoms with Gasteiger partial charge in [0.05, 0.1) is 12.6 Å². The average Bonchev–Trinajstić information content (AvgIpc) is 2.68. The molecule has 0 radical (unpaired) electrons. The Morgan fingerprint density at radius 1 is 1.65 bits per heavy atom. The predicted octanol–water partition coefficient (Wildman–Crippen LogP) is 0.695. The lowest BCUT2D eigenvalue weighted by Crippen LogP contribution is -2.40. The third kappa shape index (κ3) is 3.20. The van der Waals surface area contributed by atoms with Crippen LogP contribution in [0, 0.1) is 0 Å². The molecule has 92 valence electrons. The number of nitrogens with zero attached hydrogens (tertiary/aromatic N) is 1. The molecule has 1 atom stereocenters. The van der Waals surface area contributed by atoms with Crippen LogP contribution in [0.3, 0.4) is 0 Å². The Hall–Kier alpha value is -1.56. The lowest BCUT2D eigenvalue weighted by molar-refractivity contribution is -0.123. The lowest BCUT2D eigenvalue weighted by atomic mass is 10.2. The highest BCUT2D eigenvalue weighted by Crippen LogP contribution is 2.24. The van der Waals surface area contributed by atoms with E-state index in [4.69, 9.17) is 0 Å². The van der Waals surface area contributed by atoms with E-state index in [-0.39, 0.29) is 0 Å². The molecule has 0 aromatic carbocycles. The molecule has 0 aliphatic carbocycles. The number of nitrogens with one attached hydrogen (secondary N) is 2. The lowest BCUT2D eigenvalue weighted by Gasteiger charge is -2.10. The van der Waals surface area contributed by atoms with Gasteiger partial charge in [0.2, 0.25) is 5.91 Å². The summed E-state index contributed by atoms with van der Waals surface area (Å²) in [6.07, 6.45) is 2.81. The van der Waals surface area contributed by atoms with E-state index >= 15 is 0 Å². The van der Waals surface area contributed by atoms with E-state index in [0.29, 0.717) is 6.54 Å². The SMILES string of the molecule is O=C(NCc1cccnc1)C1CC(F)(F)CN1. The number of amides is 1. The van der Waals surface area contributed by atoms with Gasteiger partial charge in [-0.1, -0.05) is 6.07 Å². The topological polar surface area (TPSA) is 54.0 Å².